The fourth-order valence-corrected chi connectivity index (χ4v) is 1.92. The van der Waals surface area contributed by atoms with Crippen molar-refractivity contribution in [3.05, 3.63) is 0 Å². The second kappa shape index (κ2) is 5.61. The molecule has 0 saturated carbocycles. The van der Waals surface area contributed by atoms with E-state index in [-0.39, 0.29) is 12.0 Å². The zero-order valence-electron chi connectivity index (χ0n) is 10.3. The largest absolute Gasteiger partial charge is 0.316 e. The summed E-state index contributed by atoms with van der Waals surface area (Å²) in [5.41, 5.74) is 0. The van der Waals surface area contributed by atoms with Gasteiger partial charge >= 0.3 is 0 Å². The normalized spacial score (nSPS) is 19.3. The van der Waals surface area contributed by atoms with Crippen LogP contribution in [0.1, 0.15) is 34.1 Å². The lowest BCUT2D eigenvalue weighted by molar-refractivity contribution is -0.124. The van der Waals surface area contributed by atoms with Crippen LogP contribution in [0.15, 0.2) is 0 Å². The first-order chi connectivity index (χ1) is 7.00. The maximum Gasteiger partial charge on any atom is 0.152 e. The van der Waals surface area contributed by atoms with E-state index >= 15 is 0 Å². The van der Waals surface area contributed by atoms with Crippen LogP contribution in [0, 0.1) is 11.8 Å². The van der Waals surface area contributed by atoms with E-state index in [2.05, 4.69) is 24.5 Å². The van der Waals surface area contributed by atoms with Gasteiger partial charge in [0.1, 0.15) is 0 Å². The molecule has 3 heteroatoms. The number of rotatable bonds is 6. The highest BCUT2D eigenvalue weighted by Crippen LogP contribution is 2.15. The molecule has 15 heavy (non-hydrogen) atoms. The van der Waals surface area contributed by atoms with Crippen molar-refractivity contribution in [3.8, 4) is 0 Å². The summed E-state index contributed by atoms with van der Waals surface area (Å²) in [5.74, 6) is 1.17. The highest BCUT2D eigenvalue weighted by atomic mass is 16.1. The molecule has 1 unspecified atom stereocenters. The Bertz CT molecular complexity index is 210. The van der Waals surface area contributed by atoms with E-state index in [0.717, 1.165) is 19.5 Å². The van der Waals surface area contributed by atoms with Crippen molar-refractivity contribution in [2.75, 3.05) is 13.1 Å². The lowest BCUT2D eigenvalue weighted by Gasteiger charge is -2.32. The minimum Gasteiger partial charge on any atom is -0.316 e. The van der Waals surface area contributed by atoms with Crippen molar-refractivity contribution in [3.63, 3.8) is 0 Å². The first-order valence-corrected chi connectivity index (χ1v) is 6.01. The van der Waals surface area contributed by atoms with Crippen LogP contribution < -0.4 is 10.6 Å². The monoisotopic (exact) mass is 212 g/mol. The Morgan fingerprint density at radius 1 is 1.33 bits per heavy atom. The minimum absolute atomic E-state index is 0.0529. The predicted molar refractivity (Wildman–Crippen MR) is 62.9 cm³/mol. The van der Waals surface area contributed by atoms with E-state index in [9.17, 15) is 4.79 Å². The molecular formula is C12H24N2O. The number of nitrogens with one attached hydrogen (secondary N) is 2. The van der Waals surface area contributed by atoms with Crippen LogP contribution >= 0.6 is 0 Å². The molecule has 1 saturated heterocycles. The van der Waals surface area contributed by atoms with Crippen molar-refractivity contribution in [2.45, 2.75) is 46.2 Å². The van der Waals surface area contributed by atoms with Crippen molar-refractivity contribution in [1.29, 1.82) is 0 Å². The van der Waals surface area contributed by atoms with Crippen LogP contribution in [0.3, 0.4) is 0 Å². The quantitative estimate of drug-likeness (QED) is 0.695. The van der Waals surface area contributed by atoms with Crippen LogP contribution in [0.25, 0.3) is 0 Å². The number of Topliss-reactive ketones (excluding diaryl/α,β-unsaturated/α-hetero) is 1. The zero-order chi connectivity index (χ0) is 11.4. The van der Waals surface area contributed by atoms with Crippen LogP contribution in [-0.4, -0.2) is 31.0 Å². The molecule has 88 valence electrons. The Hall–Kier alpha value is -0.410. The lowest BCUT2D eigenvalue weighted by Crippen LogP contribution is -2.50. The van der Waals surface area contributed by atoms with Gasteiger partial charge in [0.15, 0.2) is 5.78 Å². The van der Waals surface area contributed by atoms with Gasteiger partial charge in [-0.3, -0.25) is 4.79 Å². The summed E-state index contributed by atoms with van der Waals surface area (Å²) in [6, 6.07) is 0.433. The molecule has 0 amide bonds. The maximum atomic E-state index is 12.0. The molecule has 0 aromatic rings. The minimum atomic E-state index is 0.0529. The molecule has 1 rings (SSSR count). The molecular weight excluding hydrogens is 188 g/mol. The molecule has 0 radical (unpaired) electrons. The van der Waals surface area contributed by atoms with Crippen molar-refractivity contribution in [1.82, 2.24) is 10.6 Å². The molecule has 0 aliphatic carbocycles. The maximum absolute atomic E-state index is 12.0. The van der Waals surface area contributed by atoms with Gasteiger partial charge in [0, 0.05) is 12.0 Å². The summed E-state index contributed by atoms with van der Waals surface area (Å²) in [7, 11) is 0. The number of carbonyl (C=O) groups excluding carboxylic acids is 1. The second-order valence-corrected chi connectivity index (χ2v) is 5.19. The molecule has 1 aliphatic heterocycles. The van der Waals surface area contributed by atoms with Gasteiger partial charge in [-0.2, -0.15) is 0 Å². The SMILES string of the molecule is CC(C)NC(CC1CNC1)C(=O)C(C)C. The van der Waals surface area contributed by atoms with Gasteiger partial charge in [0.05, 0.1) is 6.04 Å². The topological polar surface area (TPSA) is 41.1 Å². The van der Waals surface area contributed by atoms with Gasteiger partial charge < -0.3 is 10.6 Å². The zero-order valence-corrected chi connectivity index (χ0v) is 10.3. The smallest absolute Gasteiger partial charge is 0.152 e. The van der Waals surface area contributed by atoms with Gasteiger partial charge in [0.25, 0.3) is 0 Å². The van der Waals surface area contributed by atoms with Gasteiger partial charge in [-0.15, -0.1) is 0 Å². The number of hydrogen-bond donors (Lipinski definition) is 2. The van der Waals surface area contributed by atoms with Crippen LogP contribution in [-0.2, 0) is 4.79 Å². The fraction of sp³-hybridized carbons (Fsp3) is 0.917. The third kappa shape index (κ3) is 3.92. The van der Waals surface area contributed by atoms with E-state index in [1.165, 1.54) is 0 Å². The van der Waals surface area contributed by atoms with Crippen molar-refractivity contribution in [2.24, 2.45) is 11.8 Å². The van der Waals surface area contributed by atoms with Crippen molar-refractivity contribution >= 4 is 5.78 Å². The summed E-state index contributed by atoms with van der Waals surface area (Å²) in [5, 5.41) is 6.63. The second-order valence-electron chi connectivity index (χ2n) is 5.19. The van der Waals surface area contributed by atoms with Crippen LogP contribution in [0.2, 0.25) is 0 Å². The third-order valence-electron chi connectivity index (χ3n) is 2.88. The Labute approximate surface area is 93.0 Å². The van der Waals surface area contributed by atoms with E-state index in [4.69, 9.17) is 0 Å². The third-order valence-corrected chi connectivity index (χ3v) is 2.88. The molecule has 0 bridgehead atoms. The molecule has 0 aromatic heterocycles. The molecule has 1 atom stereocenters. The fourth-order valence-electron chi connectivity index (χ4n) is 1.92. The Kier molecular flexibility index (Phi) is 4.74. The Morgan fingerprint density at radius 3 is 2.27 bits per heavy atom. The van der Waals surface area contributed by atoms with E-state index in [1.54, 1.807) is 0 Å². The molecule has 2 N–H and O–H groups in total. The first-order valence-electron chi connectivity index (χ1n) is 6.01. The number of carbonyl (C=O) groups is 1. The van der Waals surface area contributed by atoms with Crippen LogP contribution in [0.4, 0.5) is 0 Å². The summed E-state index contributed by atoms with van der Waals surface area (Å²) in [6.07, 6.45) is 0.988. The van der Waals surface area contributed by atoms with Gasteiger partial charge in [0.2, 0.25) is 0 Å². The highest BCUT2D eigenvalue weighted by molar-refractivity contribution is 5.85. The summed E-state index contributed by atoms with van der Waals surface area (Å²) >= 11 is 0. The first kappa shape index (κ1) is 12.7. The predicted octanol–water partition coefficient (Wildman–Crippen LogP) is 1.19. The van der Waals surface area contributed by atoms with Crippen LogP contribution in [0.5, 0.6) is 0 Å². The van der Waals surface area contributed by atoms with E-state index < -0.39 is 0 Å². The average molecular weight is 212 g/mol. The summed E-state index contributed by atoms with van der Waals surface area (Å²) < 4.78 is 0. The molecule has 1 fully saturated rings. The van der Waals surface area contributed by atoms with Gasteiger partial charge in [-0.05, 0) is 25.4 Å². The summed E-state index contributed by atoms with van der Waals surface area (Å²) in [6.45, 7) is 10.3. The molecule has 3 nitrogen and oxygen atoms in total. The Balaban J connectivity index is 2.47. The van der Waals surface area contributed by atoms with E-state index in [0.29, 0.717) is 17.7 Å². The van der Waals surface area contributed by atoms with Gasteiger partial charge in [-0.1, -0.05) is 27.7 Å². The highest BCUT2D eigenvalue weighted by Gasteiger charge is 2.27. The molecule has 0 aromatic carbocycles. The molecule has 1 heterocycles. The number of hydrogen-bond acceptors (Lipinski definition) is 3. The lowest BCUT2D eigenvalue weighted by atomic mass is 9.89. The standard InChI is InChI=1S/C12H24N2O/c1-8(2)12(15)11(14-9(3)4)5-10-6-13-7-10/h8-11,13-14H,5-7H2,1-4H3. The van der Waals surface area contributed by atoms with Crippen molar-refractivity contribution < 1.29 is 4.79 Å². The van der Waals surface area contributed by atoms with Gasteiger partial charge in [-0.25, -0.2) is 0 Å². The van der Waals surface area contributed by atoms with E-state index in [1.807, 2.05) is 13.8 Å². The average Bonchev–Trinajstić information content (AvgIpc) is 2.07. The number of ketones is 1. The Morgan fingerprint density at radius 2 is 1.93 bits per heavy atom. The molecule has 0 spiro atoms. The molecule has 1 aliphatic rings. The summed E-state index contributed by atoms with van der Waals surface area (Å²) in [4.78, 5) is 12.0.